The molecular weight excluding hydrogens is 174 g/mol. The molecule has 0 atom stereocenters. The molecule has 1 aromatic rings. The SMILES string of the molecule is COC(=O)CCn1nncc1CO. The van der Waals surface area contributed by atoms with Gasteiger partial charge in [-0.1, -0.05) is 5.21 Å². The summed E-state index contributed by atoms with van der Waals surface area (Å²) in [5, 5.41) is 16.1. The van der Waals surface area contributed by atoms with Crippen molar-refractivity contribution in [1.82, 2.24) is 15.0 Å². The molecule has 1 rings (SSSR count). The Labute approximate surface area is 75.1 Å². The van der Waals surface area contributed by atoms with Crippen LogP contribution in [0.4, 0.5) is 0 Å². The summed E-state index contributed by atoms with van der Waals surface area (Å²) in [4.78, 5) is 10.8. The number of methoxy groups -OCH3 is 1. The van der Waals surface area contributed by atoms with Crippen molar-refractivity contribution in [2.45, 2.75) is 19.6 Å². The van der Waals surface area contributed by atoms with Gasteiger partial charge in [0.05, 0.1) is 38.6 Å². The van der Waals surface area contributed by atoms with Crippen molar-refractivity contribution >= 4 is 5.97 Å². The van der Waals surface area contributed by atoms with Crippen LogP contribution in [0.1, 0.15) is 12.1 Å². The Morgan fingerprint density at radius 3 is 3.15 bits per heavy atom. The molecule has 6 nitrogen and oxygen atoms in total. The second-order valence-corrected chi connectivity index (χ2v) is 2.43. The van der Waals surface area contributed by atoms with Gasteiger partial charge >= 0.3 is 5.97 Å². The van der Waals surface area contributed by atoms with E-state index in [0.717, 1.165) is 0 Å². The summed E-state index contributed by atoms with van der Waals surface area (Å²) < 4.78 is 5.93. The van der Waals surface area contributed by atoms with E-state index in [9.17, 15) is 4.79 Å². The van der Waals surface area contributed by atoms with Gasteiger partial charge in [-0.15, -0.1) is 5.10 Å². The lowest BCUT2D eigenvalue weighted by atomic mass is 10.4. The zero-order valence-corrected chi connectivity index (χ0v) is 7.30. The standard InChI is InChI=1S/C7H11N3O3/c1-13-7(12)2-3-10-6(5-11)4-8-9-10/h4,11H,2-3,5H2,1H3. The molecule has 0 saturated heterocycles. The molecule has 13 heavy (non-hydrogen) atoms. The highest BCUT2D eigenvalue weighted by Crippen LogP contribution is 1.97. The van der Waals surface area contributed by atoms with Crippen LogP contribution < -0.4 is 0 Å². The number of aromatic nitrogens is 3. The van der Waals surface area contributed by atoms with Gasteiger partial charge in [0.2, 0.25) is 0 Å². The zero-order valence-electron chi connectivity index (χ0n) is 7.30. The average Bonchev–Trinajstić information content (AvgIpc) is 2.61. The molecule has 0 aromatic carbocycles. The molecule has 0 saturated carbocycles. The molecule has 1 N–H and O–H groups in total. The van der Waals surface area contributed by atoms with Crippen molar-refractivity contribution < 1.29 is 14.6 Å². The van der Waals surface area contributed by atoms with E-state index in [1.54, 1.807) is 0 Å². The van der Waals surface area contributed by atoms with E-state index < -0.39 is 0 Å². The third kappa shape index (κ3) is 2.51. The first-order valence-electron chi connectivity index (χ1n) is 3.83. The van der Waals surface area contributed by atoms with Gasteiger partial charge < -0.3 is 9.84 Å². The molecule has 0 aliphatic rings. The topological polar surface area (TPSA) is 77.2 Å². The minimum atomic E-state index is -0.306. The van der Waals surface area contributed by atoms with Gasteiger partial charge in [0.15, 0.2) is 0 Å². The molecule has 1 aromatic heterocycles. The predicted octanol–water partition coefficient (Wildman–Crippen LogP) is -0.667. The van der Waals surface area contributed by atoms with Crippen LogP contribution >= 0.6 is 0 Å². The summed E-state index contributed by atoms with van der Waals surface area (Å²) in [6.07, 6.45) is 1.68. The van der Waals surface area contributed by atoms with E-state index >= 15 is 0 Å². The van der Waals surface area contributed by atoms with E-state index in [1.807, 2.05) is 0 Å². The number of carbonyl (C=O) groups is 1. The summed E-state index contributed by atoms with van der Waals surface area (Å²) in [6, 6.07) is 0. The highest BCUT2D eigenvalue weighted by atomic mass is 16.5. The van der Waals surface area contributed by atoms with E-state index in [-0.39, 0.29) is 19.0 Å². The van der Waals surface area contributed by atoms with E-state index in [2.05, 4.69) is 15.0 Å². The van der Waals surface area contributed by atoms with Gasteiger partial charge in [-0.25, -0.2) is 4.68 Å². The van der Waals surface area contributed by atoms with Crippen LogP contribution in [0.5, 0.6) is 0 Å². The second kappa shape index (κ2) is 4.56. The Morgan fingerprint density at radius 1 is 1.77 bits per heavy atom. The number of hydrogen-bond donors (Lipinski definition) is 1. The first-order chi connectivity index (χ1) is 6.27. The Morgan fingerprint density at radius 2 is 2.54 bits per heavy atom. The van der Waals surface area contributed by atoms with Crippen molar-refractivity contribution in [3.05, 3.63) is 11.9 Å². The minimum Gasteiger partial charge on any atom is -0.469 e. The molecule has 1 heterocycles. The van der Waals surface area contributed by atoms with Crippen LogP contribution in [-0.2, 0) is 22.7 Å². The molecule has 0 bridgehead atoms. The molecule has 6 heteroatoms. The Kier molecular flexibility index (Phi) is 3.39. The minimum absolute atomic E-state index is 0.131. The Hall–Kier alpha value is -1.43. The lowest BCUT2D eigenvalue weighted by Gasteiger charge is -2.02. The molecule has 0 unspecified atom stereocenters. The van der Waals surface area contributed by atoms with Gasteiger partial charge in [-0.3, -0.25) is 4.79 Å². The quantitative estimate of drug-likeness (QED) is 0.630. The number of aryl methyl sites for hydroxylation is 1. The maximum Gasteiger partial charge on any atom is 0.307 e. The molecule has 0 spiro atoms. The van der Waals surface area contributed by atoms with Crippen LogP contribution in [0, 0.1) is 0 Å². The highest BCUT2D eigenvalue weighted by molar-refractivity contribution is 5.68. The second-order valence-electron chi connectivity index (χ2n) is 2.43. The molecular formula is C7H11N3O3. The summed E-state index contributed by atoms with van der Waals surface area (Å²) in [7, 11) is 1.33. The maximum atomic E-state index is 10.8. The van der Waals surface area contributed by atoms with Crippen molar-refractivity contribution in [3.8, 4) is 0 Å². The lowest BCUT2D eigenvalue weighted by Crippen LogP contribution is -2.10. The fourth-order valence-electron chi connectivity index (χ4n) is 0.889. The number of carbonyl (C=O) groups excluding carboxylic acids is 1. The lowest BCUT2D eigenvalue weighted by molar-refractivity contribution is -0.140. The average molecular weight is 185 g/mol. The fraction of sp³-hybridized carbons (Fsp3) is 0.571. The number of esters is 1. The fourth-order valence-corrected chi connectivity index (χ4v) is 0.889. The van der Waals surface area contributed by atoms with E-state index in [1.165, 1.54) is 18.0 Å². The summed E-state index contributed by atoms with van der Waals surface area (Å²) in [5.74, 6) is -0.306. The van der Waals surface area contributed by atoms with Crippen molar-refractivity contribution in [1.29, 1.82) is 0 Å². The van der Waals surface area contributed by atoms with Crippen LogP contribution in [0.25, 0.3) is 0 Å². The number of nitrogens with zero attached hydrogens (tertiary/aromatic N) is 3. The van der Waals surface area contributed by atoms with E-state index in [4.69, 9.17) is 5.11 Å². The van der Waals surface area contributed by atoms with Crippen LogP contribution in [0.2, 0.25) is 0 Å². The van der Waals surface area contributed by atoms with Crippen LogP contribution in [0.15, 0.2) is 6.20 Å². The zero-order chi connectivity index (χ0) is 9.68. The van der Waals surface area contributed by atoms with Crippen molar-refractivity contribution in [2.24, 2.45) is 0 Å². The summed E-state index contributed by atoms with van der Waals surface area (Å²) in [6.45, 7) is 0.247. The first kappa shape index (κ1) is 9.66. The highest BCUT2D eigenvalue weighted by Gasteiger charge is 2.05. The molecule has 0 aliphatic heterocycles. The van der Waals surface area contributed by atoms with Gasteiger partial charge in [0.1, 0.15) is 0 Å². The number of aliphatic hydroxyl groups is 1. The smallest absolute Gasteiger partial charge is 0.307 e. The Bertz CT molecular complexity index is 284. The van der Waals surface area contributed by atoms with Crippen LogP contribution in [-0.4, -0.2) is 33.2 Å². The summed E-state index contributed by atoms with van der Waals surface area (Å²) >= 11 is 0. The number of rotatable bonds is 4. The largest absolute Gasteiger partial charge is 0.469 e. The van der Waals surface area contributed by atoms with Gasteiger partial charge in [0.25, 0.3) is 0 Å². The van der Waals surface area contributed by atoms with Gasteiger partial charge in [-0.2, -0.15) is 0 Å². The third-order valence-electron chi connectivity index (χ3n) is 1.62. The van der Waals surface area contributed by atoms with Crippen LogP contribution in [0.3, 0.4) is 0 Å². The number of aliphatic hydroxyl groups excluding tert-OH is 1. The monoisotopic (exact) mass is 185 g/mol. The van der Waals surface area contributed by atoms with E-state index in [0.29, 0.717) is 12.2 Å². The molecule has 72 valence electrons. The van der Waals surface area contributed by atoms with Crippen molar-refractivity contribution in [2.75, 3.05) is 7.11 Å². The van der Waals surface area contributed by atoms with Gasteiger partial charge in [-0.05, 0) is 0 Å². The molecule has 0 amide bonds. The number of ether oxygens (including phenoxy) is 1. The predicted molar refractivity (Wildman–Crippen MR) is 42.6 cm³/mol. The van der Waals surface area contributed by atoms with Gasteiger partial charge in [0, 0.05) is 0 Å². The molecule has 0 aliphatic carbocycles. The number of hydrogen-bond acceptors (Lipinski definition) is 5. The Balaban J connectivity index is 2.49. The van der Waals surface area contributed by atoms with Crippen molar-refractivity contribution in [3.63, 3.8) is 0 Å². The molecule has 0 fully saturated rings. The maximum absolute atomic E-state index is 10.8. The third-order valence-corrected chi connectivity index (χ3v) is 1.62. The first-order valence-corrected chi connectivity index (χ1v) is 3.83. The normalized spacial score (nSPS) is 10.0. The molecule has 0 radical (unpaired) electrons. The summed E-state index contributed by atoms with van der Waals surface area (Å²) in [5.41, 5.74) is 0.587.